The van der Waals surface area contributed by atoms with Crippen LogP contribution in [0.3, 0.4) is 0 Å². The molecule has 0 saturated heterocycles. The predicted octanol–water partition coefficient (Wildman–Crippen LogP) is 2.64. The van der Waals surface area contributed by atoms with E-state index in [0.717, 1.165) is 25.4 Å². The summed E-state index contributed by atoms with van der Waals surface area (Å²) in [6.07, 6.45) is 7.89. The molecule has 1 saturated carbocycles. The van der Waals surface area contributed by atoms with Gasteiger partial charge in [0.1, 0.15) is 5.54 Å². The molecule has 1 rings (SSSR count). The standard InChI is InChI=1S/C15H29NO3/c1-12-6-8-13(9-7-12)19-11-5-4-10-15(2,16)14(17)18-3/h12-13H,4-11,16H2,1-3H3. The van der Waals surface area contributed by atoms with E-state index in [2.05, 4.69) is 11.7 Å². The van der Waals surface area contributed by atoms with Gasteiger partial charge in [0.2, 0.25) is 0 Å². The van der Waals surface area contributed by atoms with Crippen LogP contribution in [0.4, 0.5) is 0 Å². The molecule has 0 amide bonds. The van der Waals surface area contributed by atoms with E-state index in [1.54, 1.807) is 6.92 Å². The molecule has 0 radical (unpaired) electrons. The number of nitrogens with two attached hydrogens (primary N) is 1. The summed E-state index contributed by atoms with van der Waals surface area (Å²) < 4.78 is 10.6. The molecule has 4 heteroatoms. The first-order valence-corrected chi connectivity index (χ1v) is 7.44. The molecule has 1 unspecified atom stereocenters. The lowest BCUT2D eigenvalue weighted by molar-refractivity contribution is -0.146. The smallest absolute Gasteiger partial charge is 0.325 e. The average Bonchev–Trinajstić information content (AvgIpc) is 2.39. The number of ether oxygens (including phenoxy) is 2. The average molecular weight is 271 g/mol. The zero-order valence-electron chi connectivity index (χ0n) is 12.6. The van der Waals surface area contributed by atoms with E-state index in [9.17, 15) is 4.79 Å². The second-order valence-corrected chi connectivity index (χ2v) is 6.12. The Bertz CT molecular complexity index is 271. The summed E-state index contributed by atoms with van der Waals surface area (Å²) in [6.45, 7) is 4.81. The topological polar surface area (TPSA) is 61.5 Å². The maximum Gasteiger partial charge on any atom is 0.325 e. The Labute approximate surface area is 117 Å². The van der Waals surface area contributed by atoms with Crippen LogP contribution in [0.15, 0.2) is 0 Å². The molecule has 4 nitrogen and oxygen atoms in total. The zero-order valence-corrected chi connectivity index (χ0v) is 12.6. The molecule has 0 heterocycles. The molecule has 1 fully saturated rings. The Morgan fingerprint density at radius 2 is 1.89 bits per heavy atom. The molecule has 0 bridgehead atoms. The van der Waals surface area contributed by atoms with Crippen molar-refractivity contribution in [3.8, 4) is 0 Å². The Morgan fingerprint density at radius 3 is 2.47 bits per heavy atom. The second kappa shape index (κ2) is 7.85. The molecule has 0 aliphatic heterocycles. The highest BCUT2D eigenvalue weighted by molar-refractivity contribution is 5.79. The third kappa shape index (κ3) is 5.91. The summed E-state index contributed by atoms with van der Waals surface area (Å²) in [5, 5.41) is 0. The zero-order chi connectivity index (χ0) is 14.3. The van der Waals surface area contributed by atoms with Gasteiger partial charge in [0.05, 0.1) is 13.2 Å². The van der Waals surface area contributed by atoms with Crippen molar-refractivity contribution in [3.05, 3.63) is 0 Å². The minimum absolute atomic E-state index is 0.338. The first kappa shape index (κ1) is 16.4. The maximum atomic E-state index is 11.4. The predicted molar refractivity (Wildman–Crippen MR) is 75.8 cm³/mol. The van der Waals surface area contributed by atoms with Crippen molar-refractivity contribution in [1.82, 2.24) is 0 Å². The van der Waals surface area contributed by atoms with E-state index in [0.29, 0.717) is 12.5 Å². The number of hydrogen-bond acceptors (Lipinski definition) is 4. The quantitative estimate of drug-likeness (QED) is 0.571. The summed E-state index contributed by atoms with van der Waals surface area (Å²) in [6, 6.07) is 0. The summed E-state index contributed by atoms with van der Waals surface area (Å²) in [7, 11) is 1.38. The van der Waals surface area contributed by atoms with Crippen molar-refractivity contribution in [2.75, 3.05) is 13.7 Å². The first-order valence-electron chi connectivity index (χ1n) is 7.44. The lowest BCUT2D eigenvalue weighted by atomic mass is 9.89. The lowest BCUT2D eigenvalue weighted by Crippen LogP contribution is -2.45. The summed E-state index contributed by atoms with van der Waals surface area (Å²) in [5.41, 5.74) is 5.03. The van der Waals surface area contributed by atoms with Crippen molar-refractivity contribution in [3.63, 3.8) is 0 Å². The molecule has 0 aromatic heterocycles. The van der Waals surface area contributed by atoms with Gasteiger partial charge in [0, 0.05) is 6.61 Å². The van der Waals surface area contributed by atoms with Gasteiger partial charge in [-0.05, 0) is 57.8 Å². The number of carbonyl (C=O) groups excluding carboxylic acids is 1. The number of carbonyl (C=O) groups is 1. The SMILES string of the molecule is COC(=O)C(C)(N)CCCCOC1CCC(C)CC1. The Kier molecular flexibility index (Phi) is 6.80. The number of unbranched alkanes of at least 4 members (excludes halogenated alkanes) is 1. The monoisotopic (exact) mass is 271 g/mol. The van der Waals surface area contributed by atoms with E-state index >= 15 is 0 Å². The number of methoxy groups -OCH3 is 1. The van der Waals surface area contributed by atoms with Crippen molar-refractivity contribution in [2.45, 2.75) is 70.4 Å². The van der Waals surface area contributed by atoms with E-state index in [4.69, 9.17) is 10.5 Å². The normalized spacial score (nSPS) is 26.7. The minimum atomic E-state index is -0.866. The van der Waals surface area contributed by atoms with Gasteiger partial charge in [-0.3, -0.25) is 4.79 Å². The molecule has 0 aromatic carbocycles. The van der Waals surface area contributed by atoms with Crippen LogP contribution < -0.4 is 5.73 Å². The van der Waals surface area contributed by atoms with Crippen LogP contribution in [-0.2, 0) is 14.3 Å². The van der Waals surface area contributed by atoms with Gasteiger partial charge in [0.15, 0.2) is 0 Å². The van der Waals surface area contributed by atoms with Crippen LogP contribution in [0, 0.1) is 5.92 Å². The van der Waals surface area contributed by atoms with Gasteiger partial charge in [-0.25, -0.2) is 0 Å². The van der Waals surface area contributed by atoms with Crippen LogP contribution in [0.5, 0.6) is 0 Å². The fraction of sp³-hybridized carbons (Fsp3) is 0.933. The van der Waals surface area contributed by atoms with Crippen LogP contribution >= 0.6 is 0 Å². The molecule has 19 heavy (non-hydrogen) atoms. The van der Waals surface area contributed by atoms with E-state index in [-0.39, 0.29) is 5.97 Å². The van der Waals surface area contributed by atoms with Crippen LogP contribution in [0.2, 0.25) is 0 Å². The molecule has 1 aliphatic rings. The first-order chi connectivity index (χ1) is 8.95. The van der Waals surface area contributed by atoms with Gasteiger partial charge in [0.25, 0.3) is 0 Å². The fourth-order valence-corrected chi connectivity index (χ4v) is 2.58. The largest absolute Gasteiger partial charge is 0.468 e. The Morgan fingerprint density at radius 1 is 1.26 bits per heavy atom. The van der Waals surface area contributed by atoms with Crippen LogP contribution in [0.1, 0.15) is 58.8 Å². The molecular weight excluding hydrogens is 242 g/mol. The highest BCUT2D eigenvalue weighted by atomic mass is 16.5. The van der Waals surface area contributed by atoms with Gasteiger partial charge < -0.3 is 15.2 Å². The number of rotatable bonds is 7. The third-order valence-corrected chi connectivity index (χ3v) is 4.06. The lowest BCUT2D eigenvalue weighted by Gasteiger charge is -2.26. The summed E-state index contributed by atoms with van der Waals surface area (Å²) >= 11 is 0. The second-order valence-electron chi connectivity index (χ2n) is 6.12. The highest BCUT2D eigenvalue weighted by Crippen LogP contribution is 2.25. The fourth-order valence-electron chi connectivity index (χ4n) is 2.58. The van der Waals surface area contributed by atoms with Crippen LogP contribution in [0.25, 0.3) is 0 Å². The van der Waals surface area contributed by atoms with E-state index in [1.165, 1.54) is 32.8 Å². The third-order valence-electron chi connectivity index (χ3n) is 4.06. The van der Waals surface area contributed by atoms with Crippen molar-refractivity contribution in [2.24, 2.45) is 11.7 Å². The van der Waals surface area contributed by atoms with Crippen molar-refractivity contribution >= 4 is 5.97 Å². The molecule has 1 atom stereocenters. The van der Waals surface area contributed by atoms with Gasteiger partial charge in [-0.1, -0.05) is 6.92 Å². The molecule has 0 spiro atoms. The minimum Gasteiger partial charge on any atom is -0.468 e. The molecule has 0 aromatic rings. The van der Waals surface area contributed by atoms with Gasteiger partial charge >= 0.3 is 5.97 Å². The summed E-state index contributed by atoms with van der Waals surface area (Å²) in [5.74, 6) is 0.521. The Balaban J connectivity index is 2.06. The van der Waals surface area contributed by atoms with Gasteiger partial charge in [-0.2, -0.15) is 0 Å². The molecule has 1 aliphatic carbocycles. The van der Waals surface area contributed by atoms with Gasteiger partial charge in [-0.15, -0.1) is 0 Å². The number of hydrogen-bond donors (Lipinski definition) is 1. The number of esters is 1. The van der Waals surface area contributed by atoms with E-state index < -0.39 is 5.54 Å². The van der Waals surface area contributed by atoms with Crippen LogP contribution in [-0.4, -0.2) is 31.3 Å². The highest BCUT2D eigenvalue weighted by Gasteiger charge is 2.28. The van der Waals surface area contributed by atoms with Crippen molar-refractivity contribution < 1.29 is 14.3 Å². The molecule has 112 valence electrons. The summed E-state index contributed by atoms with van der Waals surface area (Å²) in [4.78, 5) is 11.4. The molecule has 2 N–H and O–H groups in total. The molecular formula is C15H29NO3. The van der Waals surface area contributed by atoms with E-state index in [1.807, 2.05) is 0 Å². The van der Waals surface area contributed by atoms with Crippen molar-refractivity contribution in [1.29, 1.82) is 0 Å². The Hall–Kier alpha value is -0.610. The maximum absolute atomic E-state index is 11.4.